The molecule has 0 saturated heterocycles. The molecule has 0 spiro atoms. The lowest BCUT2D eigenvalue weighted by atomic mass is 9.76. The quantitative estimate of drug-likeness (QED) is 0.686. The second-order valence-corrected chi connectivity index (χ2v) is 4.63. The molecule has 0 aromatic rings. The van der Waals surface area contributed by atoms with Gasteiger partial charge in [-0.25, -0.2) is 0 Å². The van der Waals surface area contributed by atoms with Gasteiger partial charge in [-0.2, -0.15) is 0 Å². The molecule has 0 amide bonds. The third-order valence-electron chi connectivity index (χ3n) is 3.93. The Balaban J connectivity index is 1.83. The van der Waals surface area contributed by atoms with E-state index in [2.05, 4.69) is 6.92 Å². The van der Waals surface area contributed by atoms with Crippen molar-refractivity contribution in [2.24, 2.45) is 17.8 Å². The molecule has 12 heavy (non-hydrogen) atoms. The van der Waals surface area contributed by atoms with E-state index < -0.39 is 0 Å². The van der Waals surface area contributed by atoms with Crippen LogP contribution in [0, 0.1) is 17.8 Å². The van der Waals surface area contributed by atoms with E-state index in [0.29, 0.717) is 11.8 Å². The van der Waals surface area contributed by atoms with Crippen molar-refractivity contribution in [2.75, 3.05) is 0 Å². The highest BCUT2D eigenvalue weighted by Crippen LogP contribution is 2.50. The second kappa shape index (κ2) is 3.37. The zero-order valence-electron chi connectivity index (χ0n) is 8.00. The van der Waals surface area contributed by atoms with Crippen LogP contribution in [0.25, 0.3) is 0 Å². The van der Waals surface area contributed by atoms with Gasteiger partial charge in [0.2, 0.25) is 0 Å². The maximum Gasteiger partial charge on any atom is 0.0599 e. The fraction of sp³-hybridized carbons (Fsp3) is 1.00. The molecule has 0 heterocycles. The molecule has 0 aliphatic heterocycles. The van der Waals surface area contributed by atoms with Gasteiger partial charge in [0.15, 0.2) is 0 Å². The van der Waals surface area contributed by atoms with Gasteiger partial charge in [0.25, 0.3) is 0 Å². The predicted octanol–water partition coefficient (Wildman–Crippen LogP) is 2.58. The minimum Gasteiger partial charge on any atom is -0.393 e. The molecular formula is C11H20O. The Morgan fingerprint density at radius 1 is 1.33 bits per heavy atom. The van der Waals surface area contributed by atoms with Crippen LogP contribution in [-0.2, 0) is 0 Å². The van der Waals surface area contributed by atoms with Gasteiger partial charge >= 0.3 is 0 Å². The van der Waals surface area contributed by atoms with Crippen LogP contribution in [0.2, 0.25) is 0 Å². The van der Waals surface area contributed by atoms with Crippen molar-refractivity contribution < 1.29 is 5.11 Å². The van der Waals surface area contributed by atoms with Crippen LogP contribution in [0.3, 0.4) is 0 Å². The zero-order valence-corrected chi connectivity index (χ0v) is 8.00. The van der Waals surface area contributed by atoms with Crippen molar-refractivity contribution in [2.45, 2.75) is 51.6 Å². The largest absolute Gasteiger partial charge is 0.393 e. The van der Waals surface area contributed by atoms with Gasteiger partial charge in [-0.1, -0.05) is 19.8 Å². The molecule has 1 heteroatoms. The summed E-state index contributed by atoms with van der Waals surface area (Å²) in [7, 11) is 0. The molecule has 0 aromatic heterocycles. The third-order valence-corrected chi connectivity index (χ3v) is 3.93. The van der Waals surface area contributed by atoms with Gasteiger partial charge in [-0.3, -0.25) is 0 Å². The molecule has 0 aromatic carbocycles. The molecule has 2 fully saturated rings. The SMILES string of the molecule is CCCCC1CC2CCC2C1O. The normalized spacial score (nSPS) is 45.5. The van der Waals surface area contributed by atoms with E-state index in [1.54, 1.807) is 0 Å². The van der Waals surface area contributed by atoms with E-state index in [-0.39, 0.29) is 6.10 Å². The summed E-state index contributed by atoms with van der Waals surface area (Å²) in [5.41, 5.74) is 0. The lowest BCUT2D eigenvalue weighted by Crippen LogP contribution is -2.29. The van der Waals surface area contributed by atoms with Gasteiger partial charge in [0, 0.05) is 0 Å². The van der Waals surface area contributed by atoms with Crippen molar-refractivity contribution in [1.29, 1.82) is 0 Å². The molecule has 0 radical (unpaired) electrons. The smallest absolute Gasteiger partial charge is 0.0599 e. The van der Waals surface area contributed by atoms with Crippen LogP contribution in [0.4, 0.5) is 0 Å². The van der Waals surface area contributed by atoms with Crippen LogP contribution in [0.5, 0.6) is 0 Å². The van der Waals surface area contributed by atoms with Crippen molar-refractivity contribution >= 4 is 0 Å². The van der Waals surface area contributed by atoms with Crippen LogP contribution in [0.1, 0.15) is 45.4 Å². The Morgan fingerprint density at radius 2 is 2.17 bits per heavy atom. The third kappa shape index (κ3) is 1.28. The fourth-order valence-electron chi connectivity index (χ4n) is 2.97. The fourth-order valence-corrected chi connectivity index (χ4v) is 2.97. The van der Waals surface area contributed by atoms with Gasteiger partial charge < -0.3 is 5.11 Å². The first-order valence-corrected chi connectivity index (χ1v) is 5.51. The summed E-state index contributed by atoms with van der Waals surface area (Å²) in [5, 5.41) is 9.91. The van der Waals surface area contributed by atoms with E-state index in [0.717, 1.165) is 5.92 Å². The van der Waals surface area contributed by atoms with Gasteiger partial charge in [0.1, 0.15) is 0 Å². The van der Waals surface area contributed by atoms with Crippen LogP contribution < -0.4 is 0 Å². The Hall–Kier alpha value is -0.0400. The Bertz CT molecular complexity index is 155. The maximum atomic E-state index is 9.91. The van der Waals surface area contributed by atoms with Crippen molar-refractivity contribution in [1.82, 2.24) is 0 Å². The number of hydrogen-bond donors (Lipinski definition) is 1. The minimum atomic E-state index is 0.0651. The van der Waals surface area contributed by atoms with E-state index in [4.69, 9.17) is 0 Å². The predicted molar refractivity (Wildman–Crippen MR) is 49.9 cm³/mol. The van der Waals surface area contributed by atoms with Crippen molar-refractivity contribution in [3.05, 3.63) is 0 Å². The van der Waals surface area contributed by atoms with Gasteiger partial charge in [0.05, 0.1) is 6.10 Å². The molecule has 1 nitrogen and oxygen atoms in total. The van der Waals surface area contributed by atoms with Crippen molar-refractivity contribution in [3.8, 4) is 0 Å². The second-order valence-electron chi connectivity index (χ2n) is 4.63. The van der Waals surface area contributed by atoms with E-state index in [9.17, 15) is 5.11 Å². The summed E-state index contributed by atoms with van der Waals surface area (Å²) < 4.78 is 0. The monoisotopic (exact) mass is 168 g/mol. The molecule has 1 N–H and O–H groups in total. The van der Waals surface area contributed by atoms with Gasteiger partial charge in [-0.15, -0.1) is 0 Å². The van der Waals surface area contributed by atoms with Gasteiger partial charge in [-0.05, 0) is 43.4 Å². The van der Waals surface area contributed by atoms with Crippen LogP contribution >= 0.6 is 0 Å². The number of fused-ring (bicyclic) bond motifs is 1. The summed E-state index contributed by atoms with van der Waals surface area (Å²) in [6, 6.07) is 0. The summed E-state index contributed by atoms with van der Waals surface area (Å²) in [5.74, 6) is 2.26. The summed E-state index contributed by atoms with van der Waals surface area (Å²) in [6.45, 7) is 2.23. The average Bonchev–Trinajstić information content (AvgIpc) is 2.21. The number of aliphatic hydroxyl groups excluding tert-OH is 1. The highest BCUT2D eigenvalue weighted by atomic mass is 16.3. The molecular weight excluding hydrogens is 148 g/mol. The first-order chi connectivity index (χ1) is 5.83. The van der Waals surface area contributed by atoms with E-state index in [1.165, 1.54) is 38.5 Å². The maximum absolute atomic E-state index is 9.91. The molecule has 2 saturated carbocycles. The highest BCUT2D eigenvalue weighted by molar-refractivity contribution is 4.96. The molecule has 70 valence electrons. The minimum absolute atomic E-state index is 0.0651. The Kier molecular flexibility index (Phi) is 2.40. The molecule has 4 atom stereocenters. The summed E-state index contributed by atoms with van der Waals surface area (Å²) in [4.78, 5) is 0. The first-order valence-electron chi connectivity index (χ1n) is 5.51. The average molecular weight is 168 g/mol. The van der Waals surface area contributed by atoms with Crippen molar-refractivity contribution in [3.63, 3.8) is 0 Å². The van der Waals surface area contributed by atoms with Crippen LogP contribution in [0.15, 0.2) is 0 Å². The molecule has 4 unspecified atom stereocenters. The van der Waals surface area contributed by atoms with Crippen LogP contribution in [-0.4, -0.2) is 11.2 Å². The Morgan fingerprint density at radius 3 is 2.58 bits per heavy atom. The highest BCUT2D eigenvalue weighted by Gasteiger charge is 2.46. The number of aliphatic hydroxyl groups is 1. The molecule has 2 rings (SSSR count). The molecule has 0 bridgehead atoms. The Labute approximate surface area is 75.2 Å². The first kappa shape index (κ1) is 8.55. The lowest BCUT2D eigenvalue weighted by Gasteiger charge is -2.31. The molecule has 2 aliphatic rings. The number of unbranched alkanes of at least 4 members (excludes halogenated alkanes) is 1. The summed E-state index contributed by atoms with van der Waals surface area (Å²) >= 11 is 0. The topological polar surface area (TPSA) is 20.2 Å². The number of hydrogen-bond acceptors (Lipinski definition) is 1. The standard InChI is InChI=1S/C11H20O/c1-2-3-4-9-7-8-5-6-10(8)11(9)12/h8-12H,2-7H2,1H3. The summed E-state index contributed by atoms with van der Waals surface area (Å²) in [6.07, 6.45) is 7.94. The zero-order chi connectivity index (χ0) is 8.55. The number of rotatable bonds is 3. The lowest BCUT2D eigenvalue weighted by molar-refractivity contribution is 0.0450. The van der Waals surface area contributed by atoms with E-state index in [1.807, 2.05) is 0 Å². The van der Waals surface area contributed by atoms with E-state index >= 15 is 0 Å². The molecule has 2 aliphatic carbocycles.